The fourth-order valence-electron chi connectivity index (χ4n) is 7.63. The van der Waals surface area contributed by atoms with Crippen LogP contribution in [0.1, 0.15) is 65.9 Å². The number of aryl methyl sites for hydroxylation is 1. The molecular weight excluding hydrogens is 701 g/mol. The van der Waals surface area contributed by atoms with Gasteiger partial charge >= 0.3 is 0 Å². The number of hydrogen-bond acceptors (Lipinski definition) is 10. The van der Waals surface area contributed by atoms with E-state index in [1.165, 1.54) is 17.0 Å². The smallest absolute Gasteiger partial charge is 0.290 e. The molecule has 6 atom stereocenters. The summed E-state index contributed by atoms with van der Waals surface area (Å²) in [5, 5.41) is 13.3. The minimum absolute atomic E-state index is 0.00888. The Bertz CT molecular complexity index is 2160. The van der Waals surface area contributed by atoms with Crippen LogP contribution in [0.15, 0.2) is 89.1 Å². The topological polar surface area (TPSA) is 189 Å². The highest BCUT2D eigenvalue weighted by atomic mass is 32.2. The third-order valence-corrected chi connectivity index (χ3v) is 12.5. The van der Waals surface area contributed by atoms with E-state index in [1.807, 2.05) is 54.6 Å². The molecule has 0 radical (unpaired) electrons. The Hall–Kier alpha value is -5.57. The fourth-order valence-corrected chi connectivity index (χ4v) is 9.00. The number of rotatable bonds is 10. The number of nitrogens with zero attached hydrogens (tertiary/aromatic N) is 3. The number of oxime groups is 1. The van der Waals surface area contributed by atoms with Gasteiger partial charge in [-0.15, -0.1) is 6.58 Å². The lowest BCUT2D eigenvalue weighted by atomic mass is 10.0. The van der Waals surface area contributed by atoms with Crippen molar-refractivity contribution in [3.8, 4) is 11.1 Å². The number of fused-ring (bicyclic) bond motifs is 4. The number of nitrogens with one attached hydrogen (secondary N) is 3. The van der Waals surface area contributed by atoms with Crippen molar-refractivity contribution in [3.05, 3.63) is 102 Å². The molecule has 274 valence electrons. The van der Waals surface area contributed by atoms with E-state index in [0.29, 0.717) is 30.7 Å². The van der Waals surface area contributed by atoms with Crippen molar-refractivity contribution >= 4 is 39.4 Å². The van der Waals surface area contributed by atoms with E-state index in [9.17, 15) is 27.6 Å². The average molecular weight is 739 g/mol. The zero-order valence-corrected chi connectivity index (χ0v) is 29.7. The number of carbonyl (C=O) groups excluding carboxylic acids is 4. The van der Waals surface area contributed by atoms with Crippen LogP contribution in [0.5, 0.6) is 0 Å². The average Bonchev–Trinajstić information content (AvgIpc) is 4.02. The first-order valence-corrected chi connectivity index (χ1v) is 19.2. The lowest BCUT2D eigenvalue weighted by Gasteiger charge is -2.34. The maximum atomic E-state index is 14.5. The van der Waals surface area contributed by atoms with E-state index < -0.39 is 74.6 Å². The molecule has 4 amide bonds. The van der Waals surface area contributed by atoms with Crippen LogP contribution in [0, 0.1) is 12.8 Å². The van der Waals surface area contributed by atoms with E-state index in [2.05, 4.69) is 32.2 Å². The molecule has 2 saturated carbocycles. The maximum Gasteiger partial charge on any atom is 0.290 e. The second kappa shape index (κ2) is 13.1. The summed E-state index contributed by atoms with van der Waals surface area (Å²) in [5.74, 6) is -3.28. The standard InChI is InChI=1S/C38H38N6O8S/c1-3-22-20-38(22,37(48)43-53(49,50)23-16-17-23)40-34(45)30-19-31(51-42-33-26-12-6-4-10-24(26)25-11-5-7-13-27(25)33)29-15-9-8-14-28(36(47)44(29)30)39-35(46)32-18-21(2)41-52-32/h3-13,18,22-23,28-31H,1,14-17,19-20H2,2H3,(H,39,46)(H,40,45)(H,43,48)/b9-8-/t22-,28?,29?,30+,31-,38?/m1/s1. The van der Waals surface area contributed by atoms with Gasteiger partial charge in [0.15, 0.2) is 6.10 Å². The zero-order valence-electron chi connectivity index (χ0n) is 28.9. The molecule has 3 aromatic rings. The largest absolute Gasteiger partial charge is 0.390 e. The third kappa shape index (κ3) is 6.22. The molecule has 2 aromatic carbocycles. The predicted molar refractivity (Wildman–Crippen MR) is 192 cm³/mol. The Morgan fingerprint density at radius 3 is 2.30 bits per heavy atom. The van der Waals surface area contributed by atoms with Crippen LogP contribution >= 0.6 is 0 Å². The van der Waals surface area contributed by atoms with E-state index in [-0.39, 0.29) is 25.0 Å². The van der Waals surface area contributed by atoms with Crippen LogP contribution in [-0.2, 0) is 29.2 Å². The molecule has 3 heterocycles. The van der Waals surface area contributed by atoms with E-state index in [1.54, 1.807) is 13.0 Å². The quantitative estimate of drug-likeness (QED) is 0.162. The molecule has 3 N–H and O–H groups in total. The van der Waals surface area contributed by atoms with Gasteiger partial charge in [-0.05, 0) is 50.2 Å². The van der Waals surface area contributed by atoms with Crippen LogP contribution in [0.2, 0.25) is 0 Å². The van der Waals surface area contributed by atoms with Crippen molar-refractivity contribution < 1.29 is 37.0 Å². The Labute approximate surface area is 305 Å². The predicted octanol–water partition coefficient (Wildman–Crippen LogP) is 2.89. The summed E-state index contributed by atoms with van der Waals surface area (Å²) < 4.78 is 32.7. The number of amides is 4. The van der Waals surface area contributed by atoms with Crippen LogP contribution in [0.25, 0.3) is 11.1 Å². The van der Waals surface area contributed by atoms with E-state index in [0.717, 1.165) is 22.3 Å². The van der Waals surface area contributed by atoms with Gasteiger partial charge in [0.25, 0.3) is 11.8 Å². The molecule has 14 nitrogen and oxygen atoms in total. The van der Waals surface area contributed by atoms with Crippen molar-refractivity contribution in [1.82, 2.24) is 25.4 Å². The monoisotopic (exact) mass is 738 g/mol. The van der Waals surface area contributed by atoms with Crippen molar-refractivity contribution in [1.29, 1.82) is 0 Å². The first kappa shape index (κ1) is 34.5. The Kier molecular flexibility index (Phi) is 8.55. The molecule has 1 aromatic heterocycles. The third-order valence-electron chi connectivity index (χ3n) is 10.7. The fraction of sp³-hybridized carbons (Fsp3) is 0.368. The van der Waals surface area contributed by atoms with Gasteiger partial charge in [0.1, 0.15) is 23.3 Å². The highest BCUT2D eigenvalue weighted by Crippen LogP contribution is 2.46. The van der Waals surface area contributed by atoms with Gasteiger partial charge in [0.2, 0.25) is 27.6 Å². The van der Waals surface area contributed by atoms with Crippen LogP contribution in [0.3, 0.4) is 0 Å². The molecule has 3 unspecified atom stereocenters. The van der Waals surface area contributed by atoms with Gasteiger partial charge in [-0.2, -0.15) is 0 Å². The lowest BCUT2D eigenvalue weighted by Crippen LogP contribution is -2.59. The molecule has 3 fully saturated rings. The van der Waals surface area contributed by atoms with Crippen molar-refractivity contribution in [2.75, 3.05) is 0 Å². The van der Waals surface area contributed by atoms with Crippen molar-refractivity contribution in [3.63, 3.8) is 0 Å². The normalized spacial score (nSPS) is 27.6. The van der Waals surface area contributed by atoms with Gasteiger partial charge in [-0.3, -0.25) is 23.9 Å². The van der Waals surface area contributed by atoms with Gasteiger partial charge in [0, 0.05) is 29.5 Å². The molecule has 3 aliphatic carbocycles. The number of benzene rings is 2. The number of aromatic nitrogens is 1. The van der Waals surface area contributed by atoms with Crippen molar-refractivity contribution in [2.45, 2.75) is 80.5 Å². The van der Waals surface area contributed by atoms with Crippen molar-refractivity contribution in [2.24, 2.45) is 11.1 Å². The first-order valence-electron chi connectivity index (χ1n) is 17.7. The second-order valence-electron chi connectivity index (χ2n) is 14.2. The molecule has 0 bridgehead atoms. The minimum Gasteiger partial charge on any atom is -0.390 e. The number of sulfonamides is 1. The van der Waals surface area contributed by atoms with Gasteiger partial charge in [-0.1, -0.05) is 77.1 Å². The molecule has 8 rings (SSSR count). The molecular formula is C38H38N6O8S. The van der Waals surface area contributed by atoms with Gasteiger partial charge < -0.3 is 24.9 Å². The van der Waals surface area contributed by atoms with Gasteiger partial charge in [-0.25, -0.2) is 8.42 Å². The Morgan fingerprint density at radius 1 is 1.04 bits per heavy atom. The Morgan fingerprint density at radius 2 is 1.70 bits per heavy atom. The summed E-state index contributed by atoms with van der Waals surface area (Å²) in [7, 11) is -3.90. The van der Waals surface area contributed by atoms with Gasteiger partial charge in [0.05, 0.1) is 17.0 Å². The molecule has 5 aliphatic rings. The summed E-state index contributed by atoms with van der Waals surface area (Å²) >= 11 is 0. The maximum absolute atomic E-state index is 14.5. The minimum atomic E-state index is -3.90. The second-order valence-corrected chi connectivity index (χ2v) is 16.2. The summed E-state index contributed by atoms with van der Waals surface area (Å²) in [6.07, 6.45) is 5.92. The lowest BCUT2D eigenvalue weighted by molar-refractivity contribution is -0.143. The summed E-state index contributed by atoms with van der Waals surface area (Å²) in [6.45, 7) is 5.45. The summed E-state index contributed by atoms with van der Waals surface area (Å²) in [6, 6.07) is 14.2. The first-order chi connectivity index (χ1) is 25.5. The molecule has 2 aliphatic heterocycles. The molecule has 1 saturated heterocycles. The van der Waals surface area contributed by atoms with E-state index in [4.69, 9.17) is 9.36 Å². The number of hydrogen-bond donors (Lipinski definition) is 3. The Balaban J connectivity index is 1.11. The summed E-state index contributed by atoms with van der Waals surface area (Å²) in [4.78, 5) is 63.2. The van der Waals surface area contributed by atoms with Crippen LogP contribution in [0.4, 0.5) is 0 Å². The molecule has 0 spiro atoms. The molecule has 53 heavy (non-hydrogen) atoms. The van der Waals surface area contributed by atoms with E-state index >= 15 is 0 Å². The highest BCUT2D eigenvalue weighted by Gasteiger charge is 2.62. The zero-order chi connectivity index (χ0) is 37.1. The SMILES string of the molecule is C=C[C@@H]1CC1(NC(=O)[C@@H]1C[C@@H](ON=C2c3ccccc3-c3ccccc32)C2C/C=C\CC(NC(=O)c3cc(C)no3)C(=O)N21)C(=O)NS(=O)(=O)C1CC1. The van der Waals surface area contributed by atoms with Crippen LogP contribution in [-0.4, -0.2) is 82.8 Å². The molecule has 15 heteroatoms. The number of carbonyl (C=O) groups is 4. The summed E-state index contributed by atoms with van der Waals surface area (Å²) in [5.41, 5.74) is 3.34. The highest BCUT2D eigenvalue weighted by molar-refractivity contribution is 7.91. The van der Waals surface area contributed by atoms with Crippen LogP contribution < -0.4 is 15.4 Å².